The van der Waals surface area contributed by atoms with Crippen LogP contribution in [-0.4, -0.2) is 70.4 Å². The Kier molecular flexibility index (Phi) is 9.83. The first-order valence-electron chi connectivity index (χ1n) is 12.1. The maximum atomic E-state index is 13.9. The molecule has 0 bridgehead atoms. The molecule has 1 heterocycles. The monoisotopic (exact) mass is 551 g/mol. The summed E-state index contributed by atoms with van der Waals surface area (Å²) in [6.07, 6.45) is -0.942. The summed E-state index contributed by atoms with van der Waals surface area (Å²) >= 11 is 12.1. The Balaban J connectivity index is 1.91. The molecular weight excluding hydrogens is 517 g/mol. The molecule has 2 aromatic rings. The minimum Gasteiger partial charge on any atom is -0.497 e. The highest BCUT2D eigenvalue weighted by Crippen LogP contribution is 2.33. The van der Waals surface area contributed by atoms with Crippen LogP contribution >= 0.6 is 23.2 Å². The molecule has 1 saturated heterocycles. The second-order valence-electron chi connectivity index (χ2n) is 10.1. The van der Waals surface area contributed by atoms with Gasteiger partial charge >= 0.3 is 0 Å². The van der Waals surface area contributed by atoms with Gasteiger partial charge in [0.1, 0.15) is 17.2 Å². The number of ether oxygens (including phenoxy) is 2. The summed E-state index contributed by atoms with van der Waals surface area (Å²) in [5.74, 6) is -0.291. The number of benzene rings is 2. The second-order valence-corrected chi connectivity index (χ2v) is 10.8. The molecule has 0 radical (unpaired) electrons. The van der Waals surface area contributed by atoms with E-state index in [4.69, 9.17) is 32.7 Å². The lowest BCUT2D eigenvalue weighted by Crippen LogP contribution is -2.62. The van der Waals surface area contributed by atoms with Gasteiger partial charge in [-0.2, -0.15) is 0 Å². The van der Waals surface area contributed by atoms with E-state index in [1.807, 2.05) is 57.2 Å². The number of methoxy groups -OCH3 is 1. The number of carbonyl (C=O) groups excluding carboxylic acids is 2. The number of halogens is 2. The van der Waals surface area contributed by atoms with E-state index in [1.54, 1.807) is 24.1 Å². The maximum absolute atomic E-state index is 13.9. The average Bonchev–Trinajstić information content (AvgIpc) is 3.32. The normalized spacial score (nSPS) is 18.9. The summed E-state index contributed by atoms with van der Waals surface area (Å²) in [4.78, 5) is 30.2. The number of carbonyl (C=O) groups is 2. The van der Waals surface area contributed by atoms with Crippen molar-refractivity contribution in [1.82, 2.24) is 15.1 Å². The predicted molar refractivity (Wildman–Crippen MR) is 143 cm³/mol. The molecule has 10 heteroatoms. The van der Waals surface area contributed by atoms with E-state index >= 15 is 0 Å². The molecule has 2 N–H and O–H groups in total. The smallest absolute Gasteiger partial charge is 0.247 e. The van der Waals surface area contributed by atoms with E-state index in [2.05, 4.69) is 5.32 Å². The number of hydrogen-bond donors (Lipinski definition) is 2. The second kappa shape index (κ2) is 12.5. The van der Waals surface area contributed by atoms with Gasteiger partial charge in [-0.15, -0.1) is 11.6 Å². The third-order valence-electron chi connectivity index (χ3n) is 6.27. The fraction of sp³-hybridized carbons (Fsp3) is 0.481. The summed E-state index contributed by atoms with van der Waals surface area (Å²) < 4.78 is 10.9. The van der Waals surface area contributed by atoms with Crippen molar-refractivity contribution in [1.29, 1.82) is 0 Å². The predicted octanol–water partition coefficient (Wildman–Crippen LogP) is 3.77. The SMILES string of the molecule is COc1ccc(CNC(=O)C2(N(Cc3ccc(Cl)cc3)C(=O)CCl)CCN(C(O)OC(C)(C)C)C2)cc1. The van der Waals surface area contributed by atoms with Crippen molar-refractivity contribution in [2.24, 2.45) is 0 Å². The zero-order valence-electron chi connectivity index (χ0n) is 21.7. The van der Waals surface area contributed by atoms with Crippen molar-refractivity contribution in [3.63, 3.8) is 0 Å². The Hall–Kier alpha value is -2.36. The van der Waals surface area contributed by atoms with E-state index in [0.717, 1.165) is 11.1 Å². The fourth-order valence-corrected chi connectivity index (χ4v) is 4.61. The molecule has 2 unspecified atom stereocenters. The van der Waals surface area contributed by atoms with Crippen LogP contribution in [0.3, 0.4) is 0 Å². The number of nitrogens with one attached hydrogen (secondary N) is 1. The number of rotatable bonds is 10. The molecule has 3 rings (SSSR count). The molecule has 0 aliphatic carbocycles. The fourth-order valence-electron chi connectivity index (χ4n) is 4.34. The minimum atomic E-state index is -1.28. The lowest BCUT2D eigenvalue weighted by Gasteiger charge is -2.40. The first kappa shape index (κ1) is 29.2. The molecule has 2 amide bonds. The lowest BCUT2D eigenvalue weighted by molar-refractivity contribution is -0.235. The molecule has 2 aromatic carbocycles. The Labute approximate surface area is 228 Å². The van der Waals surface area contributed by atoms with Gasteiger partial charge in [0.2, 0.25) is 18.2 Å². The van der Waals surface area contributed by atoms with Crippen molar-refractivity contribution in [2.75, 3.05) is 26.1 Å². The van der Waals surface area contributed by atoms with Crippen LogP contribution in [0.2, 0.25) is 5.02 Å². The Morgan fingerprint density at radius 2 is 1.76 bits per heavy atom. The highest BCUT2D eigenvalue weighted by Gasteiger charge is 2.52. The summed E-state index contributed by atoms with van der Waals surface area (Å²) in [7, 11) is 1.59. The van der Waals surface area contributed by atoms with Crippen LogP contribution in [0.1, 0.15) is 38.3 Å². The molecule has 8 nitrogen and oxygen atoms in total. The van der Waals surface area contributed by atoms with Crippen LogP contribution in [0, 0.1) is 0 Å². The molecule has 1 aliphatic rings. The molecule has 0 spiro atoms. The van der Waals surface area contributed by atoms with Crippen molar-refractivity contribution < 1.29 is 24.2 Å². The zero-order chi connectivity index (χ0) is 27.2. The van der Waals surface area contributed by atoms with Crippen molar-refractivity contribution in [3.8, 4) is 5.75 Å². The molecule has 2 atom stereocenters. The minimum absolute atomic E-state index is 0.0783. The number of amides is 2. The first-order chi connectivity index (χ1) is 17.5. The van der Waals surface area contributed by atoms with Gasteiger partial charge in [0.15, 0.2) is 0 Å². The standard InChI is InChI=1S/C27H35Cl2N3O5/c1-26(2,3)37-25(35)31-14-13-27(18-31,24(34)30-16-19-7-11-22(36-4)12-8-19)32(23(33)15-28)17-20-5-9-21(29)10-6-20/h5-12,25,35H,13-18H2,1-4H3,(H,30,34). The van der Waals surface area contributed by atoms with Gasteiger partial charge in [0.05, 0.1) is 12.7 Å². The summed E-state index contributed by atoms with van der Waals surface area (Å²) in [6.45, 7) is 6.36. The van der Waals surface area contributed by atoms with Crippen LogP contribution < -0.4 is 10.1 Å². The van der Waals surface area contributed by atoms with Crippen LogP contribution in [0.25, 0.3) is 0 Å². The number of alkyl halides is 1. The Morgan fingerprint density at radius 3 is 2.32 bits per heavy atom. The Morgan fingerprint density at radius 1 is 1.14 bits per heavy atom. The summed E-state index contributed by atoms with van der Waals surface area (Å²) in [5.41, 5.74) is -0.199. The van der Waals surface area contributed by atoms with Gasteiger partial charge in [-0.05, 0) is 62.6 Å². The van der Waals surface area contributed by atoms with Crippen LogP contribution in [0.15, 0.2) is 48.5 Å². The van der Waals surface area contributed by atoms with Gasteiger partial charge < -0.3 is 24.8 Å². The van der Waals surface area contributed by atoms with E-state index in [0.29, 0.717) is 23.7 Å². The van der Waals surface area contributed by atoms with Gasteiger partial charge in [0, 0.05) is 31.2 Å². The highest BCUT2D eigenvalue weighted by molar-refractivity contribution is 6.30. The third-order valence-corrected chi connectivity index (χ3v) is 6.75. The first-order valence-corrected chi connectivity index (χ1v) is 13.0. The van der Waals surface area contributed by atoms with Gasteiger partial charge in [0.25, 0.3) is 0 Å². The maximum Gasteiger partial charge on any atom is 0.247 e. The quantitative estimate of drug-likeness (QED) is 0.345. The Bertz CT molecular complexity index is 1060. The van der Waals surface area contributed by atoms with Crippen molar-refractivity contribution >= 4 is 35.0 Å². The molecule has 37 heavy (non-hydrogen) atoms. The highest BCUT2D eigenvalue weighted by atomic mass is 35.5. The van der Waals surface area contributed by atoms with Crippen molar-refractivity contribution in [2.45, 2.75) is 57.8 Å². The van der Waals surface area contributed by atoms with Gasteiger partial charge in [-0.25, -0.2) is 0 Å². The molecule has 0 aromatic heterocycles. The molecule has 0 saturated carbocycles. The topological polar surface area (TPSA) is 91.3 Å². The van der Waals surface area contributed by atoms with Crippen LogP contribution in [0.4, 0.5) is 0 Å². The van der Waals surface area contributed by atoms with Crippen LogP contribution in [0.5, 0.6) is 5.75 Å². The molecular formula is C27H35Cl2N3O5. The number of aliphatic hydroxyl groups is 1. The number of likely N-dealkylation sites (tertiary alicyclic amines) is 1. The number of nitrogens with zero attached hydrogens (tertiary/aromatic N) is 2. The van der Waals surface area contributed by atoms with E-state index in [1.165, 1.54) is 4.90 Å². The third kappa shape index (κ3) is 7.58. The lowest BCUT2D eigenvalue weighted by atomic mass is 9.93. The zero-order valence-corrected chi connectivity index (χ0v) is 23.2. The largest absolute Gasteiger partial charge is 0.497 e. The molecule has 1 fully saturated rings. The van der Waals surface area contributed by atoms with Crippen molar-refractivity contribution in [3.05, 3.63) is 64.7 Å². The van der Waals surface area contributed by atoms with Crippen LogP contribution in [-0.2, 0) is 27.4 Å². The number of aliphatic hydroxyl groups excluding tert-OH is 1. The number of hydrogen-bond acceptors (Lipinski definition) is 6. The summed E-state index contributed by atoms with van der Waals surface area (Å²) in [5, 5.41) is 14.3. The summed E-state index contributed by atoms with van der Waals surface area (Å²) in [6, 6.07) is 14.5. The van der Waals surface area contributed by atoms with Gasteiger partial charge in [-0.1, -0.05) is 35.9 Å². The van der Waals surface area contributed by atoms with E-state index in [9.17, 15) is 14.7 Å². The molecule has 202 valence electrons. The average molecular weight is 552 g/mol. The molecule has 1 aliphatic heterocycles. The van der Waals surface area contributed by atoms with E-state index < -0.39 is 17.6 Å². The van der Waals surface area contributed by atoms with Gasteiger partial charge in [-0.3, -0.25) is 14.5 Å². The van der Waals surface area contributed by atoms with E-state index in [-0.39, 0.29) is 37.3 Å².